The maximum atomic E-state index is 12.9. The van der Waals surface area contributed by atoms with Crippen molar-refractivity contribution in [1.82, 2.24) is 20.4 Å². The van der Waals surface area contributed by atoms with Gasteiger partial charge in [0.1, 0.15) is 0 Å². The molecule has 182 valence electrons. The largest absolute Gasteiger partial charge is 0.348 e. The monoisotopic (exact) mass is 480 g/mol. The molecule has 36 heavy (non-hydrogen) atoms. The lowest BCUT2D eigenvalue weighted by molar-refractivity contribution is 0.0695. The number of rotatable bonds is 6. The van der Waals surface area contributed by atoms with E-state index in [0.717, 1.165) is 36.1 Å². The first-order valence-corrected chi connectivity index (χ1v) is 12.2. The van der Waals surface area contributed by atoms with Gasteiger partial charge in [-0.2, -0.15) is 4.98 Å². The van der Waals surface area contributed by atoms with Crippen molar-refractivity contribution < 1.29 is 14.1 Å². The minimum Gasteiger partial charge on any atom is -0.348 e. The standard InChI is InChI=1S/C29H28N4O3/c1-20-8-5-6-11-24(20)18-30-27(34)22-15-13-21(14-16-22)26-31-28(36-32-26)25-12-7-17-33(19-25)29(35)23-9-3-2-4-10-23/h2-6,8-11,13-16,25H,7,12,17-19H2,1H3,(H,30,34)/t25-/m0/s1. The molecule has 0 spiro atoms. The van der Waals surface area contributed by atoms with Crippen LogP contribution in [0.5, 0.6) is 0 Å². The van der Waals surface area contributed by atoms with Gasteiger partial charge in [-0.1, -0.05) is 59.8 Å². The van der Waals surface area contributed by atoms with Gasteiger partial charge in [-0.25, -0.2) is 0 Å². The Labute approximate surface area is 210 Å². The molecule has 4 aromatic rings. The van der Waals surface area contributed by atoms with Gasteiger partial charge in [0, 0.05) is 36.3 Å². The second-order valence-electron chi connectivity index (χ2n) is 9.10. The highest BCUT2D eigenvalue weighted by Gasteiger charge is 2.29. The Morgan fingerprint density at radius 1 is 0.972 bits per heavy atom. The number of aryl methyl sites for hydroxylation is 1. The molecule has 3 aromatic carbocycles. The molecular weight excluding hydrogens is 452 g/mol. The number of likely N-dealkylation sites (tertiary alicyclic amines) is 1. The van der Waals surface area contributed by atoms with Crippen LogP contribution in [0.4, 0.5) is 0 Å². The van der Waals surface area contributed by atoms with Crippen molar-refractivity contribution in [2.45, 2.75) is 32.2 Å². The van der Waals surface area contributed by atoms with E-state index in [0.29, 0.717) is 35.9 Å². The van der Waals surface area contributed by atoms with Gasteiger partial charge >= 0.3 is 0 Å². The second kappa shape index (κ2) is 10.6. The Morgan fingerprint density at radius 3 is 2.50 bits per heavy atom. The fourth-order valence-corrected chi connectivity index (χ4v) is 4.50. The zero-order valence-corrected chi connectivity index (χ0v) is 20.2. The Bertz CT molecular complexity index is 1350. The number of aromatic nitrogens is 2. The first-order valence-electron chi connectivity index (χ1n) is 12.2. The molecule has 1 aliphatic rings. The van der Waals surface area contributed by atoms with E-state index < -0.39 is 0 Å². The summed E-state index contributed by atoms with van der Waals surface area (Å²) < 4.78 is 5.59. The molecule has 1 fully saturated rings. The predicted octanol–water partition coefficient (Wildman–Crippen LogP) is 4.99. The van der Waals surface area contributed by atoms with Crippen LogP contribution in [-0.2, 0) is 6.54 Å². The lowest BCUT2D eigenvalue weighted by Crippen LogP contribution is -2.39. The minimum atomic E-state index is -0.135. The van der Waals surface area contributed by atoms with Crippen LogP contribution in [0.15, 0.2) is 83.4 Å². The van der Waals surface area contributed by atoms with Crippen molar-refractivity contribution in [3.05, 3.63) is 107 Å². The first kappa shape index (κ1) is 23.5. The third-order valence-corrected chi connectivity index (χ3v) is 6.63. The molecule has 1 saturated heterocycles. The van der Waals surface area contributed by atoms with Crippen LogP contribution in [-0.4, -0.2) is 39.9 Å². The maximum Gasteiger partial charge on any atom is 0.253 e. The highest BCUT2D eigenvalue weighted by Crippen LogP contribution is 2.28. The van der Waals surface area contributed by atoms with Gasteiger partial charge in [0.2, 0.25) is 11.7 Å². The summed E-state index contributed by atoms with van der Waals surface area (Å²) in [7, 11) is 0. The summed E-state index contributed by atoms with van der Waals surface area (Å²) in [6.45, 7) is 3.78. The minimum absolute atomic E-state index is 0.000781. The number of benzene rings is 3. The molecule has 2 amide bonds. The molecule has 0 saturated carbocycles. The van der Waals surface area contributed by atoms with E-state index in [-0.39, 0.29) is 17.7 Å². The van der Waals surface area contributed by atoms with E-state index in [1.165, 1.54) is 0 Å². The first-order chi connectivity index (χ1) is 17.6. The molecule has 7 nitrogen and oxygen atoms in total. The number of carbonyl (C=O) groups excluding carboxylic acids is 2. The molecular formula is C29H28N4O3. The molecule has 1 N–H and O–H groups in total. The Kier molecular flexibility index (Phi) is 6.89. The molecule has 1 aliphatic heterocycles. The van der Waals surface area contributed by atoms with Gasteiger partial charge < -0.3 is 14.7 Å². The normalized spacial score (nSPS) is 15.5. The highest BCUT2D eigenvalue weighted by molar-refractivity contribution is 5.95. The van der Waals surface area contributed by atoms with E-state index in [9.17, 15) is 9.59 Å². The number of hydrogen-bond acceptors (Lipinski definition) is 5. The average Bonchev–Trinajstić information content (AvgIpc) is 3.43. The number of piperidine rings is 1. The SMILES string of the molecule is Cc1ccccc1CNC(=O)c1ccc(-c2noc([C@H]3CCCN(C(=O)c4ccccc4)C3)n2)cc1. The van der Waals surface area contributed by atoms with E-state index in [1.807, 2.05) is 78.6 Å². The third kappa shape index (κ3) is 5.20. The van der Waals surface area contributed by atoms with Crippen molar-refractivity contribution in [1.29, 1.82) is 0 Å². The molecule has 5 rings (SSSR count). The lowest BCUT2D eigenvalue weighted by atomic mass is 9.97. The Morgan fingerprint density at radius 2 is 1.72 bits per heavy atom. The summed E-state index contributed by atoms with van der Waals surface area (Å²) in [6.07, 6.45) is 1.77. The number of hydrogen-bond donors (Lipinski definition) is 1. The van der Waals surface area contributed by atoms with Gasteiger partial charge in [-0.05, 0) is 55.2 Å². The molecule has 0 aliphatic carbocycles. The van der Waals surface area contributed by atoms with Crippen molar-refractivity contribution in [2.24, 2.45) is 0 Å². The molecule has 0 radical (unpaired) electrons. The van der Waals surface area contributed by atoms with Crippen LogP contribution in [0.3, 0.4) is 0 Å². The van der Waals surface area contributed by atoms with Crippen molar-refractivity contribution in [3.8, 4) is 11.4 Å². The maximum absolute atomic E-state index is 12.9. The van der Waals surface area contributed by atoms with Gasteiger partial charge in [0.05, 0.1) is 5.92 Å². The second-order valence-corrected chi connectivity index (χ2v) is 9.10. The molecule has 1 aromatic heterocycles. The number of nitrogens with one attached hydrogen (secondary N) is 1. The summed E-state index contributed by atoms with van der Waals surface area (Å²) in [5, 5.41) is 7.13. The van der Waals surface area contributed by atoms with Gasteiger partial charge in [-0.3, -0.25) is 9.59 Å². The average molecular weight is 481 g/mol. The smallest absolute Gasteiger partial charge is 0.253 e. The summed E-state index contributed by atoms with van der Waals surface area (Å²) in [6, 6.07) is 24.5. The summed E-state index contributed by atoms with van der Waals surface area (Å²) in [4.78, 5) is 31.9. The number of carbonyl (C=O) groups is 2. The zero-order chi connectivity index (χ0) is 24.9. The lowest BCUT2D eigenvalue weighted by Gasteiger charge is -2.31. The van der Waals surface area contributed by atoms with Crippen LogP contribution in [0.2, 0.25) is 0 Å². The molecule has 2 heterocycles. The van der Waals surface area contributed by atoms with Crippen LogP contribution in [0.1, 0.15) is 56.5 Å². The van der Waals surface area contributed by atoms with Gasteiger partial charge in [0.15, 0.2) is 0 Å². The van der Waals surface area contributed by atoms with Crippen molar-refractivity contribution >= 4 is 11.8 Å². The van der Waals surface area contributed by atoms with Gasteiger partial charge in [0.25, 0.3) is 11.8 Å². The molecule has 1 atom stereocenters. The Balaban J connectivity index is 1.22. The Hall–Kier alpha value is -4.26. The molecule has 0 unspecified atom stereocenters. The van der Waals surface area contributed by atoms with Crippen LogP contribution < -0.4 is 5.32 Å². The molecule has 0 bridgehead atoms. The quantitative estimate of drug-likeness (QED) is 0.420. The summed E-state index contributed by atoms with van der Waals surface area (Å²) in [5.41, 5.74) is 4.26. The zero-order valence-electron chi connectivity index (χ0n) is 20.2. The molecule has 7 heteroatoms. The van der Waals surface area contributed by atoms with Crippen molar-refractivity contribution in [3.63, 3.8) is 0 Å². The van der Waals surface area contributed by atoms with E-state index in [4.69, 9.17) is 4.52 Å². The van der Waals surface area contributed by atoms with E-state index in [1.54, 1.807) is 12.1 Å². The van der Waals surface area contributed by atoms with E-state index >= 15 is 0 Å². The topological polar surface area (TPSA) is 88.3 Å². The summed E-state index contributed by atoms with van der Waals surface area (Å²) in [5.74, 6) is 0.901. The fraction of sp³-hybridized carbons (Fsp3) is 0.241. The van der Waals surface area contributed by atoms with Crippen LogP contribution in [0, 0.1) is 6.92 Å². The van der Waals surface area contributed by atoms with Gasteiger partial charge in [-0.15, -0.1) is 0 Å². The van der Waals surface area contributed by atoms with Crippen LogP contribution >= 0.6 is 0 Å². The fourth-order valence-electron chi connectivity index (χ4n) is 4.50. The highest BCUT2D eigenvalue weighted by atomic mass is 16.5. The predicted molar refractivity (Wildman–Crippen MR) is 136 cm³/mol. The number of amides is 2. The number of nitrogens with zero attached hydrogens (tertiary/aromatic N) is 3. The third-order valence-electron chi connectivity index (χ3n) is 6.63. The van der Waals surface area contributed by atoms with Crippen LogP contribution in [0.25, 0.3) is 11.4 Å². The van der Waals surface area contributed by atoms with Crippen molar-refractivity contribution in [2.75, 3.05) is 13.1 Å². The summed E-state index contributed by atoms with van der Waals surface area (Å²) >= 11 is 0. The van der Waals surface area contributed by atoms with E-state index in [2.05, 4.69) is 15.5 Å².